The van der Waals surface area contributed by atoms with Crippen LogP contribution in [0.4, 0.5) is 10.1 Å². The number of halogens is 1. The van der Waals surface area contributed by atoms with Crippen molar-refractivity contribution < 1.29 is 4.39 Å². The van der Waals surface area contributed by atoms with Gasteiger partial charge in [-0.15, -0.1) is 0 Å². The number of hydrogen-bond donors (Lipinski definition) is 1. The highest BCUT2D eigenvalue weighted by Crippen LogP contribution is 2.43. The van der Waals surface area contributed by atoms with Crippen molar-refractivity contribution in [3.05, 3.63) is 29.6 Å². The van der Waals surface area contributed by atoms with Crippen LogP contribution >= 0.6 is 0 Å². The Bertz CT molecular complexity index is 471. The molecule has 3 nitrogen and oxygen atoms in total. The number of anilines is 1. The molecule has 1 saturated carbocycles. The average molecular weight is 277 g/mol. The van der Waals surface area contributed by atoms with Gasteiger partial charge in [-0.2, -0.15) is 0 Å². The molecule has 2 aliphatic rings. The number of hydrogen-bond acceptors (Lipinski definition) is 3. The van der Waals surface area contributed by atoms with E-state index in [0.717, 1.165) is 50.3 Å². The second kappa shape index (κ2) is 5.34. The van der Waals surface area contributed by atoms with Gasteiger partial charge >= 0.3 is 0 Å². The Morgan fingerprint density at radius 2 is 1.90 bits per heavy atom. The van der Waals surface area contributed by atoms with Crippen LogP contribution in [0.3, 0.4) is 0 Å². The minimum absolute atomic E-state index is 0.0431. The SMILES string of the molecule is CN1CCN(c2ccc(C3(CN)CCC3)cc2F)CC1. The van der Waals surface area contributed by atoms with Gasteiger partial charge in [0.1, 0.15) is 5.82 Å². The van der Waals surface area contributed by atoms with Gasteiger partial charge in [0, 0.05) is 38.1 Å². The van der Waals surface area contributed by atoms with Crippen LogP contribution in [-0.2, 0) is 5.41 Å². The zero-order valence-electron chi connectivity index (χ0n) is 12.2. The van der Waals surface area contributed by atoms with Crippen LogP contribution in [0.15, 0.2) is 18.2 Å². The van der Waals surface area contributed by atoms with Crippen molar-refractivity contribution in [2.24, 2.45) is 5.73 Å². The molecule has 1 aliphatic heterocycles. The van der Waals surface area contributed by atoms with Crippen LogP contribution in [-0.4, -0.2) is 44.7 Å². The van der Waals surface area contributed by atoms with Crippen molar-refractivity contribution in [3.8, 4) is 0 Å². The van der Waals surface area contributed by atoms with Crippen molar-refractivity contribution in [1.29, 1.82) is 0 Å². The van der Waals surface area contributed by atoms with Gasteiger partial charge in [-0.25, -0.2) is 4.39 Å². The summed E-state index contributed by atoms with van der Waals surface area (Å²) in [5, 5.41) is 0. The van der Waals surface area contributed by atoms with E-state index >= 15 is 0 Å². The van der Waals surface area contributed by atoms with Crippen LogP contribution in [0.1, 0.15) is 24.8 Å². The average Bonchev–Trinajstić information content (AvgIpc) is 2.40. The Hall–Kier alpha value is -1.13. The number of nitrogens with zero attached hydrogens (tertiary/aromatic N) is 2. The van der Waals surface area contributed by atoms with Crippen molar-refractivity contribution in [2.75, 3.05) is 44.7 Å². The Morgan fingerprint density at radius 3 is 2.40 bits per heavy atom. The quantitative estimate of drug-likeness (QED) is 0.916. The molecule has 0 spiro atoms. The molecule has 1 aromatic carbocycles. The van der Waals surface area contributed by atoms with Gasteiger partial charge in [0.2, 0.25) is 0 Å². The lowest BCUT2D eigenvalue weighted by atomic mass is 9.64. The van der Waals surface area contributed by atoms with Gasteiger partial charge in [-0.05, 0) is 37.6 Å². The van der Waals surface area contributed by atoms with Crippen molar-refractivity contribution in [1.82, 2.24) is 4.90 Å². The minimum Gasteiger partial charge on any atom is -0.367 e. The number of likely N-dealkylation sites (N-methyl/N-ethyl adjacent to an activating group) is 1. The molecule has 0 amide bonds. The fraction of sp³-hybridized carbons (Fsp3) is 0.625. The second-order valence-corrected chi connectivity index (χ2v) is 6.29. The monoisotopic (exact) mass is 277 g/mol. The van der Waals surface area contributed by atoms with E-state index in [1.54, 1.807) is 6.07 Å². The Balaban J connectivity index is 1.81. The zero-order chi connectivity index (χ0) is 14.2. The number of rotatable bonds is 3. The summed E-state index contributed by atoms with van der Waals surface area (Å²) in [7, 11) is 2.11. The molecule has 0 unspecified atom stereocenters. The fourth-order valence-corrected chi connectivity index (χ4v) is 3.35. The molecule has 0 atom stereocenters. The molecule has 1 heterocycles. The molecular weight excluding hydrogens is 253 g/mol. The zero-order valence-corrected chi connectivity index (χ0v) is 12.2. The smallest absolute Gasteiger partial charge is 0.146 e. The summed E-state index contributed by atoms with van der Waals surface area (Å²) in [6.07, 6.45) is 3.40. The summed E-state index contributed by atoms with van der Waals surface area (Å²) in [4.78, 5) is 4.43. The summed E-state index contributed by atoms with van der Waals surface area (Å²) in [5.41, 5.74) is 7.78. The molecule has 0 aromatic heterocycles. The first kappa shape index (κ1) is 13.8. The third kappa shape index (κ3) is 2.31. The van der Waals surface area contributed by atoms with Crippen LogP contribution in [0.2, 0.25) is 0 Å². The molecule has 0 bridgehead atoms. The highest BCUT2D eigenvalue weighted by Gasteiger charge is 2.37. The number of nitrogens with two attached hydrogens (primary N) is 1. The maximum absolute atomic E-state index is 14.5. The molecule has 2 fully saturated rings. The van der Waals surface area contributed by atoms with Gasteiger partial charge in [0.05, 0.1) is 5.69 Å². The van der Waals surface area contributed by atoms with Crippen molar-refractivity contribution in [2.45, 2.75) is 24.7 Å². The maximum Gasteiger partial charge on any atom is 0.146 e. The predicted molar refractivity (Wildman–Crippen MR) is 80.7 cm³/mol. The molecule has 3 rings (SSSR count). The first-order chi connectivity index (χ1) is 9.64. The molecule has 1 saturated heterocycles. The first-order valence-electron chi connectivity index (χ1n) is 7.58. The minimum atomic E-state index is -0.0909. The van der Waals surface area contributed by atoms with E-state index in [-0.39, 0.29) is 11.2 Å². The highest BCUT2D eigenvalue weighted by molar-refractivity contribution is 5.51. The van der Waals surface area contributed by atoms with Gasteiger partial charge < -0.3 is 15.5 Å². The molecule has 4 heteroatoms. The van der Waals surface area contributed by atoms with Gasteiger partial charge in [-0.3, -0.25) is 0 Å². The maximum atomic E-state index is 14.5. The summed E-state index contributed by atoms with van der Waals surface area (Å²) < 4.78 is 14.5. The van der Waals surface area contributed by atoms with Crippen molar-refractivity contribution >= 4 is 5.69 Å². The van der Waals surface area contributed by atoms with Gasteiger partial charge in [-0.1, -0.05) is 12.5 Å². The molecule has 110 valence electrons. The first-order valence-corrected chi connectivity index (χ1v) is 7.58. The molecule has 1 aliphatic carbocycles. The third-order valence-electron chi connectivity index (χ3n) is 5.11. The molecule has 20 heavy (non-hydrogen) atoms. The fourth-order valence-electron chi connectivity index (χ4n) is 3.35. The lowest BCUT2D eigenvalue weighted by molar-refractivity contribution is 0.252. The largest absolute Gasteiger partial charge is 0.367 e. The summed E-state index contributed by atoms with van der Waals surface area (Å²) in [6, 6.07) is 5.76. The van der Waals surface area contributed by atoms with E-state index in [1.807, 2.05) is 6.07 Å². The van der Waals surface area contributed by atoms with E-state index in [9.17, 15) is 4.39 Å². The van der Waals surface area contributed by atoms with Crippen LogP contribution in [0.25, 0.3) is 0 Å². The summed E-state index contributed by atoms with van der Waals surface area (Å²) in [5.74, 6) is -0.0909. The lowest BCUT2D eigenvalue weighted by Crippen LogP contribution is -2.45. The lowest BCUT2D eigenvalue weighted by Gasteiger charge is -2.42. The highest BCUT2D eigenvalue weighted by atomic mass is 19.1. The summed E-state index contributed by atoms with van der Waals surface area (Å²) >= 11 is 0. The Morgan fingerprint density at radius 1 is 1.20 bits per heavy atom. The van der Waals surface area contributed by atoms with E-state index < -0.39 is 0 Å². The Labute approximate surface area is 120 Å². The molecule has 1 aromatic rings. The predicted octanol–water partition coefficient (Wildman–Crippen LogP) is 1.96. The molecule has 2 N–H and O–H groups in total. The van der Waals surface area contributed by atoms with Crippen LogP contribution in [0.5, 0.6) is 0 Å². The van der Waals surface area contributed by atoms with Gasteiger partial charge in [0.25, 0.3) is 0 Å². The standard InChI is InChI=1S/C16H24FN3/c1-19-7-9-20(10-8-19)15-4-3-13(11-14(15)17)16(12-18)5-2-6-16/h3-4,11H,2,5-10,12,18H2,1H3. The van der Waals surface area contributed by atoms with E-state index in [1.165, 1.54) is 6.42 Å². The van der Waals surface area contributed by atoms with Crippen LogP contribution < -0.4 is 10.6 Å². The second-order valence-electron chi connectivity index (χ2n) is 6.29. The molecule has 0 radical (unpaired) electrons. The molecular formula is C16H24FN3. The Kier molecular flexibility index (Phi) is 3.69. The number of piperazine rings is 1. The normalized spacial score (nSPS) is 22.6. The van der Waals surface area contributed by atoms with Crippen LogP contribution in [0, 0.1) is 5.82 Å². The van der Waals surface area contributed by atoms with Gasteiger partial charge in [0.15, 0.2) is 0 Å². The number of benzene rings is 1. The topological polar surface area (TPSA) is 32.5 Å². The van der Waals surface area contributed by atoms with Crippen molar-refractivity contribution in [3.63, 3.8) is 0 Å². The summed E-state index contributed by atoms with van der Waals surface area (Å²) in [6.45, 7) is 4.41. The van der Waals surface area contributed by atoms with E-state index in [0.29, 0.717) is 6.54 Å². The third-order valence-corrected chi connectivity index (χ3v) is 5.11. The van der Waals surface area contributed by atoms with E-state index in [4.69, 9.17) is 5.73 Å². The van der Waals surface area contributed by atoms with E-state index in [2.05, 4.69) is 22.9 Å².